The second-order valence-electron chi connectivity index (χ2n) is 5.53. The van der Waals surface area contributed by atoms with E-state index in [1.807, 2.05) is 24.3 Å². The summed E-state index contributed by atoms with van der Waals surface area (Å²) >= 11 is 0. The molecule has 136 valence electrons. The van der Waals surface area contributed by atoms with Crippen LogP contribution in [0, 0.1) is 0 Å². The molecule has 1 N–H and O–H groups in total. The van der Waals surface area contributed by atoms with Crippen molar-refractivity contribution < 1.29 is 23.6 Å². The van der Waals surface area contributed by atoms with E-state index in [4.69, 9.17) is 14.0 Å². The molecule has 0 aliphatic carbocycles. The van der Waals surface area contributed by atoms with Crippen molar-refractivity contribution in [1.29, 1.82) is 0 Å². The van der Waals surface area contributed by atoms with Crippen LogP contribution >= 0.6 is 0 Å². The smallest absolute Gasteiger partial charge is 0.467 e. The minimum atomic E-state index is -0.799. The third-order valence-corrected chi connectivity index (χ3v) is 3.85. The normalized spacial score (nSPS) is 11.5. The Morgan fingerprint density at radius 3 is 2.19 bits per heavy atom. The van der Waals surface area contributed by atoms with Gasteiger partial charge in [0.2, 0.25) is 0 Å². The summed E-state index contributed by atoms with van der Waals surface area (Å²) in [6.07, 6.45) is 3.33. The number of carbonyl (C=O) groups is 2. The van der Waals surface area contributed by atoms with Gasteiger partial charge in [-0.1, -0.05) is 24.3 Å². The van der Waals surface area contributed by atoms with Gasteiger partial charge in [-0.3, -0.25) is 9.78 Å². The molecule has 1 amide bonds. The lowest BCUT2D eigenvalue weighted by Crippen LogP contribution is -2.43. The van der Waals surface area contributed by atoms with Gasteiger partial charge in [0, 0.05) is 38.6 Å². The molecule has 2 aromatic rings. The van der Waals surface area contributed by atoms with Crippen molar-refractivity contribution in [2.24, 2.45) is 0 Å². The molecule has 0 aliphatic rings. The summed E-state index contributed by atoms with van der Waals surface area (Å²) in [6.45, 7) is 0. The van der Waals surface area contributed by atoms with E-state index < -0.39 is 19.1 Å². The average molecular weight is 356 g/mol. The van der Waals surface area contributed by atoms with Crippen LogP contribution in [-0.2, 0) is 25.3 Å². The summed E-state index contributed by atoms with van der Waals surface area (Å²) in [4.78, 5) is 28.2. The maximum atomic E-state index is 12.3. The van der Waals surface area contributed by atoms with Crippen LogP contribution in [0.15, 0.2) is 48.8 Å². The molecular formula is C18H21BN2O5. The number of aromatic nitrogens is 1. The molecule has 7 nitrogen and oxygen atoms in total. The minimum absolute atomic E-state index is 0.300. The molecule has 26 heavy (non-hydrogen) atoms. The standard InChI is InChI=1S/C18H21BN2O5/c1-24-18(23)16(21-17(22)14-8-10-20-11-9-14)12-13-4-6-15(7-5-13)19(25-2)26-3/h4-11,16H,12H2,1-3H3,(H,21,22)/t16-/m0/s1. The van der Waals surface area contributed by atoms with Gasteiger partial charge in [-0.15, -0.1) is 0 Å². The van der Waals surface area contributed by atoms with Gasteiger partial charge in [-0.05, 0) is 23.2 Å². The Morgan fingerprint density at radius 2 is 1.65 bits per heavy atom. The zero-order chi connectivity index (χ0) is 18.9. The van der Waals surface area contributed by atoms with Gasteiger partial charge in [0.1, 0.15) is 6.04 Å². The van der Waals surface area contributed by atoms with Crippen LogP contribution in [0.3, 0.4) is 0 Å². The number of benzene rings is 1. The molecule has 0 saturated carbocycles. The molecule has 1 aromatic heterocycles. The Kier molecular flexibility index (Phi) is 7.31. The fraction of sp³-hybridized carbons (Fsp3) is 0.278. The minimum Gasteiger partial charge on any atom is -0.467 e. The summed E-state index contributed by atoms with van der Waals surface area (Å²) in [5.41, 5.74) is 2.15. The van der Waals surface area contributed by atoms with Gasteiger partial charge < -0.3 is 19.4 Å². The third kappa shape index (κ3) is 5.14. The summed E-state index contributed by atoms with van der Waals surface area (Å²) in [5.74, 6) is -0.874. The molecule has 8 heteroatoms. The molecule has 0 aliphatic heterocycles. The van der Waals surface area contributed by atoms with Crippen LogP contribution < -0.4 is 10.8 Å². The summed E-state index contributed by atoms with van der Waals surface area (Å²) in [7, 11) is 3.96. The number of pyridine rings is 1. The molecule has 2 rings (SSSR count). The van der Waals surface area contributed by atoms with Gasteiger partial charge in [0.15, 0.2) is 0 Å². The van der Waals surface area contributed by atoms with E-state index in [9.17, 15) is 9.59 Å². The first-order valence-corrected chi connectivity index (χ1v) is 8.02. The zero-order valence-electron chi connectivity index (χ0n) is 15.0. The Morgan fingerprint density at radius 1 is 1.04 bits per heavy atom. The second-order valence-corrected chi connectivity index (χ2v) is 5.53. The Labute approximate surface area is 152 Å². The number of hydrogen-bond donors (Lipinski definition) is 1. The molecule has 1 atom stereocenters. The molecule has 0 bridgehead atoms. The number of nitrogens with one attached hydrogen (secondary N) is 1. The topological polar surface area (TPSA) is 86.8 Å². The average Bonchev–Trinajstić information content (AvgIpc) is 2.69. The van der Waals surface area contributed by atoms with Crippen LogP contribution in [0.2, 0.25) is 0 Å². The highest BCUT2D eigenvalue weighted by atomic mass is 16.6. The SMILES string of the molecule is COB(OC)c1ccc(C[C@H](NC(=O)c2ccncc2)C(=O)OC)cc1. The maximum absolute atomic E-state index is 12.3. The van der Waals surface area contributed by atoms with Gasteiger partial charge in [-0.2, -0.15) is 0 Å². The number of amides is 1. The maximum Gasteiger partial charge on any atom is 0.493 e. The number of nitrogens with zero attached hydrogens (tertiary/aromatic N) is 1. The van der Waals surface area contributed by atoms with E-state index in [1.165, 1.54) is 19.5 Å². The van der Waals surface area contributed by atoms with Gasteiger partial charge in [0.05, 0.1) is 7.11 Å². The molecule has 0 spiro atoms. The molecular weight excluding hydrogens is 335 g/mol. The third-order valence-electron chi connectivity index (χ3n) is 3.85. The largest absolute Gasteiger partial charge is 0.493 e. The first-order valence-electron chi connectivity index (χ1n) is 8.02. The highest BCUT2D eigenvalue weighted by Crippen LogP contribution is 2.06. The highest BCUT2D eigenvalue weighted by Gasteiger charge is 2.23. The lowest BCUT2D eigenvalue weighted by Gasteiger charge is -2.17. The molecule has 0 radical (unpaired) electrons. The van der Waals surface area contributed by atoms with E-state index in [1.54, 1.807) is 26.4 Å². The summed E-state index contributed by atoms with van der Waals surface area (Å²) in [6, 6.07) is 9.77. The van der Waals surface area contributed by atoms with Gasteiger partial charge in [-0.25, -0.2) is 4.79 Å². The van der Waals surface area contributed by atoms with Crippen LogP contribution in [0.1, 0.15) is 15.9 Å². The zero-order valence-corrected chi connectivity index (χ0v) is 15.0. The molecule has 1 aromatic carbocycles. The van der Waals surface area contributed by atoms with Crippen molar-refractivity contribution in [1.82, 2.24) is 10.3 Å². The van der Waals surface area contributed by atoms with Gasteiger partial charge in [0.25, 0.3) is 5.91 Å². The van der Waals surface area contributed by atoms with E-state index in [2.05, 4.69) is 10.3 Å². The molecule has 0 fully saturated rings. The molecule has 0 unspecified atom stereocenters. The van der Waals surface area contributed by atoms with Crippen LogP contribution in [0.4, 0.5) is 0 Å². The van der Waals surface area contributed by atoms with Crippen LogP contribution in [0.25, 0.3) is 0 Å². The fourth-order valence-electron chi connectivity index (χ4n) is 2.50. The summed E-state index contributed by atoms with van der Waals surface area (Å²) in [5, 5.41) is 2.70. The van der Waals surface area contributed by atoms with Crippen molar-refractivity contribution in [3.63, 3.8) is 0 Å². The van der Waals surface area contributed by atoms with Crippen molar-refractivity contribution >= 4 is 24.5 Å². The van der Waals surface area contributed by atoms with Crippen molar-refractivity contribution in [3.05, 3.63) is 59.9 Å². The molecule has 1 heterocycles. The second kappa shape index (κ2) is 9.69. The molecule has 0 saturated heterocycles. The van der Waals surface area contributed by atoms with Crippen LogP contribution in [0.5, 0.6) is 0 Å². The van der Waals surface area contributed by atoms with E-state index in [-0.39, 0.29) is 5.91 Å². The van der Waals surface area contributed by atoms with E-state index in [0.29, 0.717) is 12.0 Å². The van der Waals surface area contributed by atoms with E-state index >= 15 is 0 Å². The lowest BCUT2D eigenvalue weighted by atomic mass is 9.78. The van der Waals surface area contributed by atoms with E-state index in [0.717, 1.165) is 11.0 Å². The first kappa shape index (κ1) is 19.6. The van der Waals surface area contributed by atoms with Crippen molar-refractivity contribution in [2.45, 2.75) is 12.5 Å². The van der Waals surface area contributed by atoms with Crippen molar-refractivity contribution in [2.75, 3.05) is 21.3 Å². The number of rotatable bonds is 8. The Bertz CT molecular complexity index is 720. The number of ether oxygens (including phenoxy) is 1. The summed E-state index contributed by atoms with van der Waals surface area (Å²) < 4.78 is 15.2. The lowest BCUT2D eigenvalue weighted by molar-refractivity contribution is -0.142. The number of carbonyl (C=O) groups excluding carboxylic acids is 2. The fourth-order valence-corrected chi connectivity index (χ4v) is 2.50. The highest BCUT2D eigenvalue weighted by molar-refractivity contribution is 6.61. The monoisotopic (exact) mass is 356 g/mol. The Hall–Kier alpha value is -2.71. The quantitative estimate of drug-likeness (QED) is 0.550. The Balaban J connectivity index is 2.10. The van der Waals surface area contributed by atoms with Gasteiger partial charge >= 0.3 is 13.1 Å². The number of hydrogen-bond acceptors (Lipinski definition) is 6. The van der Waals surface area contributed by atoms with Crippen LogP contribution in [-0.4, -0.2) is 51.4 Å². The number of methoxy groups -OCH3 is 1. The number of esters is 1. The predicted molar refractivity (Wildman–Crippen MR) is 97.1 cm³/mol. The predicted octanol–water partition coefficient (Wildman–Crippen LogP) is 0.584. The van der Waals surface area contributed by atoms with Crippen molar-refractivity contribution in [3.8, 4) is 0 Å². The first-order chi connectivity index (χ1) is 12.6.